The summed E-state index contributed by atoms with van der Waals surface area (Å²) in [7, 11) is 0. The summed E-state index contributed by atoms with van der Waals surface area (Å²) in [5.74, 6) is 0.265. The number of ether oxygens (including phenoxy) is 1. The molecular formula is C13H10BrFN2OS. The minimum atomic E-state index is -0.388. The van der Waals surface area contributed by atoms with Crippen molar-refractivity contribution in [1.82, 2.24) is 4.98 Å². The molecule has 1 aromatic carbocycles. The van der Waals surface area contributed by atoms with Crippen LogP contribution in [0.5, 0.6) is 11.6 Å². The molecule has 2 rings (SSSR count). The summed E-state index contributed by atoms with van der Waals surface area (Å²) >= 11 is 8.20. The Kier molecular flexibility index (Phi) is 4.11. The number of thiocarbonyl (C=S) groups is 1. The summed E-state index contributed by atoms with van der Waals surface area (Å²) in [6.45, 7) is 1.80. The van der Waals surface area contributed by atoms with Gasteiger partial charge in [-0.1, -0.05) is 12.2 Å². The van der Waals surface area contributed by atoms with Gasteiger partial charge in [-0.15, -0.1) is 0 Å². The molecule has 2 N–H and O–H groups in total. The summed E-state index contributed by atoms with van der Waals surface area (Å²) in [6.07, 6.45) is 0. The molecule has 2 aromatic rings. The van der Waals surface area contributed by atoms with Crippen LogP contribution in [0.4, 0.5) is 4.39 Å². The fraction of sp³-hybridized carbons (Fsp3) is 0.0769. The number of nitrogens with two attached hydrogens (primary N) is 1. The first kappa shape index (κ1) is 13.9. The Morgan fingerprint density at radius 3 is 2.79 bits per heavy atom. The molecule has 1 aromatic heterocycles. The molecule has 0 atom stereocenters. The number of aromatic nitrogens is 1. The summed E-state index contributed by atoms with van der Waals surface area (Å²) < 4.78 is 19.4. The van der Waals surface area contributed by atoms with E-state index in [0.29, 0.717) is 27.4 Å². The number of nitrogens with zero attached hydrogens (tertiary/aromatic N) is 1. The number of benzene rings is 1. The Morgan fingerprint density at radius 1 is 1.37 bits per heavy atom. The first-order chi connectivity index (χ1) is 8.95. The highest BCUT2D eigenvalue weighted by molar-refractivity contribution is 9.10. The first-order valence-electron chi connectivity index (χ1n) is 5.37. The molecule has 6 heteroatoms. The van der Waals surface area contributed by atoms with Crippen LogP contribution in [0.3, 0.4) is 0 Å². The zero-order valence-electron chi connectivity index (χ0n) is 9.98. The van der Waals surface area contributed by atoms with Crippen LogP contribution in [0.25, 0.3) is 0 Å². The van der Waals surface area contributed by atoms with Crippen molar-refractivity contribution in [3.8, 4) is 11.6 Å². The van der Waals surface area contributed by atoms with Gasteiger partial charge in [0.15, 0.2) is 0 Å². The number of rotatable bonds is 3. The molecule has 0 fully saturated rings. The zero-order chi connectivity index (χ0) is 14.0. The minimum Gasteiger partial charge on any atom is -0.438 e. The first-order valence-corrected chi connectivity index (χ1v) is 6.57. The van der Waals surface area contributed by atoms with Gasteiger partial charge >= 0.3 is 0 Å². The highest BCUT2D eigenvalue weighted by Gasteiger charge is 2.08. The number of hydrogen-bond donors (Lipinski definition) is 1. The SMILES string of the molecule is Cc1cc(C(N)=S)cc(Oc2cc(F)ccc2Br)n1. The predicted molar refractivity (Wildman–Crippen MR) is 79.0 cm³/mol. The molecule has 0 saturated carbocycles. The van der Waals surface area contributed by atoms with Crippen molar-refractivity contribution >= 4 is 33.1 Å². The molecule has 0 aliphatic heterocycles. The van der Waals surface area contributed by atoms with Crippen molar-refractivity contribution in [3.05, 3.63) is 51.9 Å². The van der Waals surface area contributed by atoms with Crippen LogP contribution in [0, 0.1) is 12.7 Å². The van der Waals surface area contributed by atoms with Gasteiger partial charge in [-0.05, 0) is 41.1 Å². The van der Waals surface area contributed by atoms with Gasteiger partial charge in [0.1, 0.15) is 16.6 Å². The average Bonchev–Trinajstić information content (AvgIpc) is 2.33. The molecule has 0 radical (unpaired) electrons. The second-order valence-corrected chi connectivity index (χ2v) is 5.17. The van der Waals surface area contributed by atoms with E-state index in [1.165, 1.54) is 12.1 Å². The van der Waals surface area contributed by atoms with Gasteiger partial charge in [0.25, 0.3) is 0 Å². The molecule has 0 aliphatic carbocycles. The van der Waals surface area contributed by atoms with E-state index in [1.54, 1.807) is 25.1 Å². The molecule has 0 saturated heterocycles. The summed E-state index contributed by atoms with van der Waals surface area (Å²) in [5.41, 5.74) is 6.95. The van der Waals surface area contributed by atoms with Gasteiger partial charge in [0.2, 0.25) is 5.88 Å². The lowest BCUT2D eigenvalue weighted by molar-refractivity contribution is 0.454. The van der Waals surface area contributed by atoms with Crippen molar-refractivity contribution in [3.63, 3.8) is 0 Å². The smallest absolute Gasteiger partial charge is 0.220 e. The Hall–Kier alpha value is -1.53. The number of hydrogen-bond acceptors (Lipinski definition) is 3. The number of aryl methyl sites for hydroxylation is 1. The Bertz CT molecular complexity index is 649. The van der Waals surface area contributed by atoms with Crippen LogP contribution < -0.4 is 10.5 Å². The molecule has 98 valence electrons. The fourth-order valence-electron chi connectivity index (χ4n) is 1.50. The molecule has 0 aliphatic rings. The van der Waals surface area contributed by atoms with Crippen molar-refractivity contribution in [1.29, 1.82) is 0 Å². The summed E-state index contributed by atoms with van der Waals surface area (Å²) in [6, 6.07) is 7.55. The molecule has 19 heavy (non-hydrogen) atoms. The van der Waals surface area contributed by atoms with Gasteiger partial charge in [-0.2, -0.15) is 0 Å². The van der Waals surface area contributed by atoms with Crippen LogP contribution in [0.2, 0.25) is 0 Å². The normalized spacial score (nSPS) is 10.3. The topological polar surface area (TPSA) is 48.1 Å². The van der Waals surface area contributed by atoms with E-state index in [4.69, 9.17) is 22.7 Å². The summed E-state index contributed by atoms with van der Waals surface area (Å²) in [5, 5.41) is 0. The quantitative estimate of drug-likeness (QED) is 0.865. The van der Waals surface area contributed by atoms with Gasteiger partial charge in [-0.3, -0.25) is 0 Å². The van der Waals surface area contributed by atoms with Crippen molar-refractivity contribution in [2.45, 2.75) is 6.92 Å². The van der Waals surface area contributed by atoms with Crippen molar-refractivity contribution in [2.75, 3.05) is 0 Å². The van der Waals surface area contributed by atoms with Crippen LogP contribution in [-0.2, 0) is 0 Å². The van der Waals surface area contributed by atoms with Crippen LogP contribution in [0.1, 0.15) is 11.3 Å². The molecule has 0 spiro atoms. The molecule has 0 bridgehead atoms. The van der Waals surface area contributed by atoms with E-state index in [-0.39, 0.29) is 10.8 Å². The minimum absolute atomic E-state index is 0.258. The Balaban J connectivity index is 2.38. The molecular weight excluding hydrogens is 331 g/mol. The monoisotopic (exact) mass is 340 g/mol. The number of halogens is 2. The van der Waals surface area contributed by atoms with Crippen molar-refractivity contribution in [2.24, 2.45) is 5.73 Å². The van der Waals surface area contributed by atoms with Gasteiger partial charge in [0, 0.05) is 23.4 Å². The maximum atomic E-state index is 13.2. The Labute approximate surface area is 123 Å². The van der Waals surface area contributed by atoms with E-state index < -0.39 is 0 Å². The second kappa shape index (κ2) is 5.63. The lowest BCUT2D eigenvalue weighted by Crippen LogP contribution is -2.10. The third-order valence-electron chi connectivity index (χ3n) is 2.32. The van der Waals surface area contributed by atoms with Crippen LogP contribution in [-0.4, -0.2) is 9.97 Å². The van der Waals surface area contributed by atoms with Gasteiger partial charge in [-0.25, -0.2) is 9.37 Å². The van der Waals surface area contributed by atoms with E-state index in [1.807, 2.05) is 0 Å². The fourth-order valence-corrected chi connectivity index (χ4v) is 1.95. The molecule has 3 nitrogen and oxygen atoms in total. The lowest BCUT2D eigenvalue weighted by Gasteiger charge is -2.09. The molecule has 0 unspecified atom stereocenters. The van der Waals surface area contributed by atoms with E-state index in [0.717, 1.165) is 0 Å². The maximum absolute atomic E-state index is 13.2. The van der Waals surface area contributed by atoms with E-state index in [9.17, 15) is 4.39 Å². The summed E-state index contributed by atoms with van der Waals surface area (Å²) in [4.78, 5) is 4.46. The van der Waals surface area contributed by atoms with E-state index >= 15 is 0 Å². The third kappa shape index (κ3) is 3.48. The largest absolute Gasteiger partial charge is 0.438 e. The Morgan fingerprint density at radius 2 is 2.11 bits per heavy atom. The average molecular weight is 341 g/mol. The van der Waals surface area contributed by atoms with Gasteiger partial charge in [0.05, 0.1) is 4.47 Å². The standard InChI is InChI=1S/C13H10BrFN2OS/c1-7-4-8(13(16)19)5-12(17-7)18-11-6-9(15)2-3-10(11)14/h2-6H,1H3,(H2,16,19). The van der Waals surface area contributed by atoms with Crippen LogP contribution in [0.15, 0.2) is 34.8 Å². The predicted octanol–water partition coefficient (Wildman–Crippen LogP) is 3.72. The van der Waals surface area contributed by atoms with E-state index in [2.05, 4.69) is 20.9 Å². The maximum Gasteiger partial charge on any atom is 0.220 e. The second-order valence-electron chi connectivity index (χ2n) is 3.88. The molecule has 0 amide bonds. The highest BCUT2D eigenvalue weighted by atomic mass is 79.9. The van der Waals surface area contributed by atoms with Crippen molar-refractivity contribution < 1.29 is 9.13 Å². The highest BCUT2D eigenvalue weighted by Crippen LogP contribution is 2.29. The molecule has 1 heterocycles. The van der Waals surface area contributed by atoms with Gasteiger partial charge < -0.3 is 10.5 Å². The van der Waals surface area contributed by atoms with Crippen LogP contribution >= 0.6 is 28.1 Å². The lowest BCUT2D eigenvalue weighted by atomic mass is 10.2. The third-order valence-corrected chi connectivity index (χ3v) is 3.21. The zero-order valence-corrected chi connectivity index (χ0v) is 12.4. The number of pyridine rings is 1.